The molecule has 0 N–H and O–H groups in total. The molecule has 3 fully saturated rings. The lowest BCUT2D eigenvalue weighted by atomic mass is 9.46. The summed E-state index contributed by atoms with van der Waals surface area (Å²) in [5, 5.41) is -0.491. The molecular weight excluding hydrogens is 471 g/mol. The average molecular weight is 502 g/mol. The van der Waals surface area contributed by atoms with Crippen LogP contribution in [0.1, 0.15) is 59.8 Å². The van der Waals surface area contributed by atoms with E-state index in [1.54, 1.807) is 19.1 Å². The monoisotopic (exact) mass is 500 g/mol. The maximum Gasteiger partial charge on any atom is 0.306 e. The van der Waals surface area contributed by atoms with Crippen LogP contribution in [0, 0.1) is 28.6 Å². The Kier molecular flexibility index (Phi) is 5.96. The lowest BCUT2D eigenvalue weighted by molar-refractivity contribution is -0.192. The summed E-state index contributed by atoms with van der Waals surface area (Å²) in [6.45, 7) is 7.81. The van der Waals surface area contributed by atoms with Crippen molar-refractivity contribution in [2.45, 2.75) is 75.7 Å². The Morgan fingerprint density at radius 3 is 2.56 bits per heavy atom. The van der Waals surface area contributed by atoms with Gasteiger partial charge in [-0.25, -0.2) is 0 Å². The number of rotatable bonds is 4. The van der Waals surface area contributed by atoms with Crippen LogP contribution in [0.4, 0.5) is 0 Å². The van der Waals surface area contributed by atoms with Gasteiger partial charge in [0.25, 0.3) is 0 Å². The first-order chi connectivity index (χ1) is 14.9. The van der Waals surface area contributed by atoms with Crippen molar-refractivity contribution < 1.29 is 19.1 Å². The molecule has 0 bridgehead atoms. The van der Waals surface area contributed by atoms with Crippen LogP contribution in [0.25, 0.3) is 0 Å². The van der Waals surface area contributed by atoms with Crippen molar-refractivity contribution in [2.24, 2.45) is 28.6 Å². The molecule has 0 radical (unpaired) electrons. The van der Waals surface area contributed by atoms with E-state index in [-0.39, 0.29) is 41.6 Å². The van der Waals surface area contributed by atoms with Gasteiger partial charge < -0.3 is 4.74 Å². The van der Waals surface area contributed by atoms with E-state index >= 15 is 0 Å². The highest BCUT2D eigenvalue weighted by molar-refractivity contribution is 6.34. The standard InChI is InChI=1S/C25H31Cl3O4/c1-5-21(31)32-25(20(30)13-26)14(2)10-18-17-7-6-15-11-16(29)8-9-22(15,3)24(17,28)19(27)12-23(18,25)4/h8-9,11,14,17-19H,5-7,10,12-13H2,1-4H3/t14-,17+,18+,19+,22+,23+,24+,25-/m1/s1. The largest absolute Gasteiger partial charge is 0.450 e. The minimum absolute atomic E-state index is 0.00167. The van der Waals surface area contributed by atoms with Crippen molar-refractivity contribution in [1.82, 2.24) is 0 Å². The topological polar surface area (TPSA) is 60.4 Å². The number of carbonyl (C=O) groups excluding carboxylic acids is 3. The van der Waals surface area contributed by atoms with E-state index in [4.69, 9.17) is 39.5 Å². The van der Waals surface area contributed by atoms with Crippen molar-refractivity contribution in [3.8, 4) is 0 Å². The van der Waals surface area contributed by atoms with E-state index in [0.29, 0.717) is 12.8 Å². The number of carbonyl (C=O) groups is 3. The number of esters is 1. The molecule has 4 aliphatic carbocycles. The van der Waals surface area contributed by atoms with Gasteiger partial charge in [0.05, 0.1) is 16.1 Å². The summed E-state index contributed by atoms with van der Waals surface area (Å²) in [6, 6.07) is 0. The zero-order valence-electron chi connectivity index (χ0n) is 19.1. The first-order valence-corrected chi connectivity index (χ1v) is 12.9. The second kappa shape index (κ2) is 7.85. The Bertz CT molecular complexity index is 928. The second-order valence-corrected chi connectivity index (χ2v) is 11.9. The highest BCUT2D eigenvalue weighted by Gasteiger charge is 2.76. The minimum Gasteiger partial charge on any atom is -0.450 e. The van der Waals surface area contributed by atoms with Gasteiger partial charge in [-0.3, -0.25) is 14.4 Å². The molecule has 0 spiro atoms. The number of ketones is 2. The average Bonchev–Trinajstić information content (AvgIpc) is 2.96. The molecular formula is C25H31Cl3O4. The van der Waals surface area contributed by atoms with Gasteiger partial charge in [-0.15, -0.1) is 34.8 Å². The summed E-state index contributed by atoms with van der Waals surface area (Å²) < 4.78 is 6.05. The number of alkyl halides is 3. The molecule has 7 heteroatoms. The Morgan fingerprint density at radius 2 is 1.94 bits per heavy atom. The number of ether oxygens (including phenoxy) is 1. The van der Waals surface area contributed by atoms with Crippen molar-refractivity contribution in [2.75, 3.05) is 5.88 Å². The third-order valence-electron chi connectivity index (χ3n) is 9.24. The Hall–Kier alpha value is -0.840. The molecule has 176 valence electrons. The third-order valence-corrected chi connectivity index (χ3v) is 11.0. The first-order valence-electron chi connectivity index (χ1n) is 11.5. The van der Waals surface area contributed by atoms with Crippen LogP contribution in [0.2, 0.25) is 0 Å². The molecule has 0 aromatic carbocycles. The van der Waals surface area contributed by atoms with Gasteiger partial charge in [-0.2, -0.15) is 0 Å². The van der Waals surface area contributed by atoms with Crippen molar-refractivity contribution in [3.05, 3.63) is 23.8 Å². The Balaban J connectivity index is 1.85. The molecule has 0 heterocycles. The van der Waals surface area contributed by atoms with Crippen LogP contribution in [0.5, 0.6) is 0 Å². The minimum atomic E-state index is -1.31. The van der Waals surface area contributed by atoms with Gasteiger partial charge in [0.2, 0.25) is 0 Å². The lowest BCUT2D eigenvalue weighted by Crippen LogP contribution is -2.68. The van der Waals surface area contributed by atoms with E-state index < -0.39 is 32.7 Å². The molecule has 0 unspecified atom stereocenters. The SMILES string of the molecule is CCC(=O)O[C@@]1(C(=O)CCl)[C@H](C)C[C@H]2[C@@H]3CCC4=CC(=O)C=C[C@]4(C)[C@@]3(Cl)[C@@H](Cl)C[C@@]21C. The number of allylic oxidation sites excluding steroid dienone is 4. The molecule has 32 heavy (non-hydrogen) atoms. The summed E-state index contributed by atoms with van der Waals surface area (Å²) in [4.78, 5) is 37.2. The predicted molar refractivity (Wildman–Crippen MR) is 126 cm³/mol. The smallest absolute Gasteiger partial charge is 0.306 e. The fourth-order valence-corrected chi connectivity index (χ4v) is 9.12. The van der Waals surface area contributed by atoms with Crippen LogP contribution in [0.3, 0.4) is 0 Å². The number of hydrogen-bond donors (Lipinski definition) is 0. The molecule has 0 saturated heterocycles. The summed E-state index contributed by atoms with van der Waals surface area (Å²) >= 11 is 20.8. The number of Topliss-reactive ketones (excluding diaryl/α,β-unsaturated/α-hetero) is 1. The van der Waals surface area contributed by atoms with Gasteiger partial charge >= 0.3 is 5.97 Å². The number of fused-ring (bicyclic) bond motifs is 5. The maximum atomic E-state index is 13.4. The molecule has 4 aliphatic rings. The fraction of sp³-hybridized carbons (Fsp3) is 0.720. The van der Waals surface area contributed by atoms with Gasteiger partial charge in [-0.05, 0) is 49.7 Å². The summed E-state index contributed by atoms with van der Waals surface area (Å²) in [5.74, 6) is -1.06. The molecule has 0 aliphatic heterocycles. The van der Waals surface area contributed by atoms with Crippen molar-refractivity contribution >= 4 is 52.3 Å². The highest BCUT2D eigenvalue weighted by atomic mass is 35.5. The summed E-state index contributed by atoms with van der Waals surface area (Å²) in [6.07, 6.45) is 8.06. The molecule has 0 aromatic heterocycles. The molecule has 4 rings (SSSR count). The van der Waals surface area contributed by atoms with E-state index in [1.807, 2.05) is 19.9 Å². The van der Waals surface area contributed by atoms with E-state index in [2.05, 4.69) is 6.92 Å². The van der Waals surface area contributed by atoms with Crippen LogP contribution >= 0.6 is 34.8 Å². The molecule has 8 atom stereocenters. The van der Waals surface area contributed by atoms with E-state index in [9.17, 15) is 14.4 Å². The van der Waals surface area contributed by atoms with E-state index in [0.717, 1.165) is 18.4 Å². The van der Waals surface area contributed by atoms with Crippen LogP contribution in [-0.4, -0.2) is 39.3 Å². The Labute approximate surface area is 205 Å². The van der Waals surface area contributed by atoms with Gasteiger partial charge in [-0.1, -0.05) is 39.3 Å². The summed E-state index contributed by atoms with van der Waals surface area (Å²) in [5.41, 5.74) is -1.51. The molecule has 0 amide bonds. The first kappa shape index (κ1) is 24.3. The fourth-order valence-electron chi connectivity index (χ4n) is 7.68. The van der Waals surface area contributed by atoms with Gasteiger partial charge in [0.1, 0.15) is 0 Å². The zero-order valence-corrected chi connectivity index (χ0v) is 21.3. The normalized spacial score (nSPS) is 47.2. The number of hydrogen-bond acceptors (Lipinski definition) is 4. The molecule has 3 saturated carbocycles. The van der Waals surface area contributed by atoms with Crippen molar-refractivity contribution in [3.63, 3.8) is 0 Å². The van der Waals surface area contributed by atoms with Crippen LogP contribution in [0.15, 0.2) is 23.8 Å². The molecule has 0 aromatic rings. The second-order valence-electron chi connectivity index (χ2n) is 10.5. The Morgan fingerprint density at radius 1 is 1.25 bits per heavy atom. The molecule has 4 nitrogen and oxygen atoms in total. The van der Waals surface area contributed by atoms with Crippen molar-refractivity contribution in [1.29, 1.82) is 0 Å². The summed E-state index contributed by atoms with van der Waals surface area (Å²) in [7, 11) is 0. The lowest BCUT2D eigenvalue weighted by Gasteiger charge is -2.64. The third kappa shape index (κ3) is 2.84. The van der Waals surface area contributed by atoms with Gasteiger partial charge in [0, 0.05) is 23.2 Å². The highest BCUT2D eigenvalue weighted by Crippen LogP contribution is 2.73. The van der Waals surface area contributed by atoms with Crippen LogP contribution in [-0.2, 0) is 19.1 Å². The quantitative estimate of drug-likeness (QED) is 0.370. The van der Waals surface area contributed by atoms with Crippen LogP contribution < -0.4 is 0 Å². The predicted octanol–water partition coefficient (Wildman–Crippen LogP) is 5.62. The van der Waals surface area contributed by atoms with Gasteiger partial charge in [0.15, 0.2) is 17.2 Å². The zero-order chi connectivity index (χ0) is 23.7. The number of halogens is 3. The van der Waals surface area contributed by atoms with E-state index in [1.165, 1.54) is 0 Å². The maximum absolute atomic E-state index is 13.4.